The summed E-state index contributed by atoms with van der Waals surface area (Å²) in [6.07, 6.45) is 3.67. The van der Waals surface area contributed by atoms with E-state index in [0.29, 0.717) is 28.6 Å². The van der Waals surface area contributed by atoms with E-state index in [2.05, 4.69) is 5.10 Å². The van der Waals surface area contributed by atoms with E-state index in [0.717, 1.165) is 16.5 Å². The Morgan fingerprint density at radius 1 is 1.20 bits per heavy atom. The molecule has 0 aliphatic carbocycles. The number of carbonyl (C=O) groups is 2. The fourth-order valence-corrected chi connectivity index (χ4v) is 3.67. The van der Waals surface area contributed by atoms with Gasteiger partial charge in [-0.05, 0) is 44.2 Å². The van der Waals surface area contributed by atoms with Crippen LogP contribution in [0.1, 0.15) is 19.4 Å². The Hall–Kier alpha value is -3.38. The number of fused-ring (bicyclic) bond motifs is 1. The van der Waals surface area contributed by atoms with E-state index in [-0.39, 0.29) is 18.4 Å². The molecule has 30 heavy (non-hydrogen) atoms. The molecule has 0 radical (unpaired) electrons. The van der Waals surface area contributed by atoms with Crippen LogP contribution in [-0.2, 0) is 20.9 Å². The summed E-state index contributed by atoms with van der Waals surface area (Å²) in [4.78, 5) is 25.0. The van der Waals surface area contributed by atoms with Crippen molar-refractivity contribution in [3.63, 3.8) is 0 Å². The molecule has 0 fully saturated rings. The van der Waals surface area contributed by atoms with Crippen LogP contribution in [-0.4, -0.2) is 28.8 Å². The maximum Gasteiger partial charge on any atom is 0.325 e. The summed E-state index contributed by atoms with van der Waals surface area (Å²) in [5.41, 5.74) is 3.45. The van der Waals surface area contributed by atoms with E-state index in [9.17, 15) is 9.59 Å². The number of para-hydroxylation sites is 1. The van der Waals surface area contributed by atoms with Gasteiger partial charge >= 0.3 is 5.97 Å². The van der Waals surface area contributed by atoms with E-state index in [1.54, 1.807) is 38.1 Å². The lowest BCUT2D eigenvalue weighted by atomic mass is 10.1. The van der Waals surface area contributed by atoms with E-state index < -0.39 is 0 Å². The van der Waals surface area contributed by atoms with Crippen molar-refractivity contribution >= 4 is 51.9 Å². The minimum absolute atomic E-state index is 0.104. The highest BCUT2D eigenvalue weighted by Crippen LogP contribution is 2.29. The lowest BCUT2D eigenvalue weighted by Gasteiger charge is -2.11. The summed E-state index contributed by atoms with van der Waals surface area (Å²) in [5, 5.41) is 7.24. The predicted molar refractivity (Wildman–Crippen MR) is 119 cm³/mol. The predicted octanol–water partition coefficient (Wildman–Crippen LogP) is 4.66. The van der Waals surface area contributed by atoms with Crippen molar-refractivity contribution in [1.82, 2.24) is 4.57 Å². The summed E-state index contributed by atoms with van der Waals surface area (Å²) in [6, 6.07) is 14.7. The van der Waals surface area contributed by atoms with E-state index in [1.165, 1.54) is 5.01 Å². The summed E-state index contributed by atoms with van der Waals surface area (Å²) >= 11 is 6.06. The number of hydrogen-bond acceptors (Lipinski definition) is 4. The monoisotopic (exact) mass is 421 g/mol. The molecule has 2 aromatic carbocycles. The van der Waals surface area contributed by atoms with Crippen LogP contribution in [0.5, 0.6) is 0 Å². The van der Waals surface area contributed by atoms with Gasteiger partial charge in [0.05, 0.1) is 23.6 Å². The average molecular weight is 422 g/mol. The fraction of sp³-hybridized carbons (Fsp3) is 0.174. The minimum atomic E-state index is -0.306. The highest BCUT2D eigenvalue weighted by Gasteiger charge is 2.29. The molecule has 152 valence electrons. The van der Waals surface area contributed by atoms with E-state index in [4.69, 9.17) is 16.3 Å². The zero-order chi connectivity index (χ0) is 21.3. The molecule has 6 nitrogen and oxygen atoms in total. The first-order chi connectivity index (χ1) is 14.5. The van der Waals surface area contributed by atoms with Crippen molar-refractivity contribution in [3.8, 4) is 0 Å². The molecular formula is C23H20ClN3O3. The number of aromatic nitrogens is 1. The van der Waals surface area contributed by atoms with Gasteiger partial charge in [0.2, 0.25) is 0 Å². The van der Waals surface area contributed by atoms with Crippen molar-refractivity contribution in [3.05, 3.63) is 70.9 Å². The number of ether oxygens (including phenoxy) is 1. The fourth-order valence-electron chi connectivity index (χ4n) is 3.49. The third kappa shape index (κ3) is 3.74. The Balaban J connectivity index is 1.72. The molecule has 1 aliphatic rings. The van der Waals surface area contributed by atoms with Gasteiger partial charge in [0.25, 0.3) is 5.91 Å². The molecule has 0 unspecified atom stereocenters. The number of amides is 1. The minimum Gasteiger partial charge on any atom is -0.465 e. The highest BCUT2D eigenvalue weighted by molar-refractivity contribution is 6.33. The number of hydrogen-bond donors (Lipinski definition) is 0. The lowest BCUT2D eigenvalue weighted by molar-refractivity contribution is -0.143. The van der Waals surface area contributed by atoms with Crippen LogP contribution in [0.3, 0.4) is 0 Å². The standard InChI is InChI=1S/C23H20ClN3O3/c1-3-30-22(28)14-26-13-16(19-9-4-5-10-21(19)26)11-20-15(2)25-27(23(20)29)18-8-6-7-17(24)12-18/h4-13H,3,14H2,1-2H3/b20-11+. The summed E-state index contributed by atoms with van der Waals surface area (Å²) < 4.78 is 6.91. The van der Waals surface area contributed by atoms with Crippen LogP contribution in [0.2, 0.25) is 5.02 Å². The molecule has 1 aliphatic heterocycles. The molecule has 0 saturated heterocycles. The van der Waals surface area contributed by atoms with Crippen LogP contribution >= 0.6 is 11.6 Å². The molecule has 0 atom stereocenters. The maximum absolute atomic E-state index is 13.1. The Morgan fingerprint density at radius 3 is 2.77 bits per heavy atom. The SMILES string of the molecule is CCOC(=O)Cn1cc(/C=C2/C(=O)N(c3cccc(Cl)c3)N=C2C)c2ccccc21. The molecule has 0 N–H and O–H groups in total. The summed E-state index contributed by atoms with van der Waals surface area (Å²) in [6.45, 7) is 4.01. The van der Waals surface area contributed by atoms with Crippen molar-refractivity contribution in [2.24, 2.45) is 5.10 Å². The van der Waals surface area contributed by atoms with Gasteiger partial charge in [-0.3, -0.25) is 9.59 Å². The normalized spacial score (nSPS) is 15.2. The molecule has 1 amide bonds. The van der Waals surface area contributed by atoms with Crippen LogP contribution in [0.15, 0.2) is 65.4 Å². The quantitative estimate of drug-likeness (QED) is 0.444. The third-order valence-electron chi connectivity index (χ3n) is 4.84. The van der Waals surface area contributed by atoms with Crippen molar-refractivity contribution < 1.29 is 14.3 Å². The number of nitrogens with zero attached hydrogens (tertiary/aromatic N) is 3. The molecule has 1 aromatic heterocycles. The van der Waals surface area contributed by atoms with Crippen molar-refractivity contribution in [2.45, 2.75) is 20.4 Å². The van der Waals surface area contributed by atoms with Gasteiger partial charge in [0.15, 0.2) is 0 Å². The number of rotatable bonds is 5. The van der Waals surface area contributed by atoms with Gasteiger partial charge in [-0.2, -0.15) is 10.1 Å². The number of anilines is 1. The van der Waals surface area contributed by atoms with Gasteiger partial charge in [0, 0.05) is 27.7 Å². The Kier molecular flexibility index (Phi) is 5.42. The van der Waals surface area contributed by atoms with Gasteiger partial charge in [-0.25, -0.2) is 0 Å². The maximum atomic E-state index is 13.1. The number of hydrazone groups is 1. The molecule has 3 aromatic rings. The number of benzene rings is 2. The van der Waals surface area contributed by atoms with Gasteiger partial charge < -0.3 is 9.30 Å². The topological polar surface area (TPSA) is 63.9 Å². The van der Waals surface area contributed by atoms with Crippen LogP contribution < -0.4 is 5.01 Å². The zero-order valence-corrected chi connectivity index (χ0v) is 17.4. The largest absolute Gasteiger partial charge is 0.465 e. The Morgan fingerprint density at radius 2 is 2.00 bits per heavy atom. The van der Waals surface area contributed by atoms with Crippen LogP contribution in [0, 0.1) is 0 Å². The number of carbonyl (C=O) groups excluding carboxylic acids is 2. The molecule has 0 spiro atoms. The van der Waals surface area contributed by atoms with Gasteiger partial charge in [-0.15, -0.1) is 0 Å². The Labute approximate surface area is 179 Å². The number of esters is 1. The molecule has 0 saturated carbocycles. The first-order valence-corrected chi connectivity index (χ1v) is 9.96. The molecule has 7 heteroatoms. The second kappa shape index (κ2) is 8.16. The highest BCUT2D eigenvalue weighted by atomic mass is 35.5. The van der Waals surface area contributed by atoms with Gasteiger partial charge in [-0.1, -0.05) is 35.9 Å². The van der Waals surface area contributed by atoms with Crippen LogP contribution in [0.4, 0.5) is 5.69 Å². The van der Waals surface area contributed by atoms with Crippen molar-refractivity contribution in [2.75, 3.05) is 11.6 Å². The van der Waals surface area contributed by atoms with Crippen LogP contribution in [0.25, 0.3) is 17.0 Å². The molecule has 4 rings (SSSR count). The van der Waals surface area contributed by atoms with E-state index in [1.807, 2.05) is 41.1 Å². The van der Waals surface area contributed by atoms with E-state index >= 15 is 0 Å². The molecular weight excluding hydrogens is 402 g/mol. The van der Waals surface area contributed by atoms with Crippen molar-refractivity contribution in [1.29, 1.82) is 0 Å². The lowest BCUT2D eigenvalue weighted by Crippen LogP contribution is -2.21. The summed E-state index contributed by atoms with van der Waals surface area (Å²) in [5.74, 6) is -0.531. The first kappa shape index (κ1) is 19.9. The summed E-state index contributed by atoms with van der Waals surface area (Å²) in [7, 11) is 0. The Bertz CT molecular complexity index is 1210. The first-order valence-electron chi connectivity index (χ1n) is 9.58. The zero-order valence-electron chi connectivity index (χ0n) is 16.6. The third-order valence-corrected chi connectivity index (χ3v) is 5.07. The molecule has 2 heterocycles. The molecule has 0 bridgehead atoms. The number of halogens is 1. The average Bonchev–Trinajstić information content (AvgIpc) is 3.21. The van der Waals surface area contributed by atoms with Gasteiger partial charge in [0.1, 0.15) is 6.54 Å². The second-order valence-corrected chi connectivity index (χ2v) is 7.31. The smallest absolute Gasteiger partial charge is 0.325 e. The second-order valence-electron chi connectivity index (χ2n) is 6.87.